The number of hydrogen-bond acceptors (Lipinski definition) is 0. The highest BCUT2D eigenvalue weighted by Crippen LogP contribution is 2.31. The minimum Gasteiger partial charge on any atom is -0.0782 e. The Morgan fingerprint density at radius 2 is 2.00 bits per heavy atom. The molecule has 0 N–H and O–H groups in total. The molecule has 0 heterocycles. The van der Waals surface area contributed by atoms with E-state index in [1.807, 2.05) is 0 Å². The summed E-state index contributed by atoms with van der Waals surface area (Å²) >= 11 is 0. The standard InChI is InChI=1S/C12H20/c1-5-11-8-9(3)7-10(4)12(11)6-2/h7,9H,5-6,8H2,1-4H3. The molecule has 0 aliphatic heterocycles. The molecule has 0 saturated carbocycles. The lowest BCUT2D eigenvalue weighted by Gasteiger charge is -2.22. The van der Waals surface area contributed by atoms with Crippen molar-refractivity contribution >= 4 is 0 Å². The van der Waals surface area contributed by atoms with Gasteiger partial charge in [0.15, 0.2) is 0 Å². The molecule has 1 aliphatic rings. The maximum Gasteiger partial charge on any atom is -0.0219 e. The molecule has 1 atom stereocenters. The Morgan fingerprint density at radius 1 is 1.33 bits per heavy atom. The van der Waals surface area contributed by atoms with Gasteiger partial charge in [-0.2, -0.15) is 0 Å². The van der Waals surface area contributed by atoms with Crippen LogP contribution in [0.5, 0.6) is 0 Å². The quantitative estimate of drug-likeness (QED) is 0.576. The summed E-state index contributed by atoms with van der Waals surface area (Å²) < 4.78 is 0. The normalized spacial score (nSPS) is 24.3. The second kappa shape index (κ2) is 3.93. The number of hydrogen-bond donors (Lipinski definition) is 0. The molecule has 0 heteroatoms. The van der Waals surface area contributed by atoms with E-state index in [-0.39, 0.29) is 0 Å². The smallest absolute Gasteiger partial charge is 0.0219 e. The van der Waals surface area contributed by atoms with Crippen LogP contribution < -0.4 is 0 Å². The fourth-order valence-corrected chi connectivity index (χ4v) is 2.26. The van der Waals surface area contributed by atoms with E-state index in [2.05, 4.69) is 33.8 Å². The molecular formula is C12H20. The van der Waals surface area contributed by atoms with Crippen LogP contribution in [0.25, 0.3) is 0 Å². The maximum atomic E-state index is 2.41. The summed E-state index contributed by atoms with van der Waals surface area (Å²) in [7, 11) is 0. The Labute approximate surface area is 76.4 Å². The van der Waals surface area contributed by atoms with Gasteiger partial charge in [0.2, 0.25) is 0 Å². The van der Waals surface area contributed by atoms with E-state index in [9.17, 15) is 0 Å². The first-order chi connectivity index (χ1) is 5.69. The van der Waals surface area contributed by atoms with Crippen LogP contribution in [0.2, 0.25) is 0 Å². The molecule has 0 spiro atoms. The van der Waals surface area contributed by atoms with Gasteiger partial charge in [0, 0.05) is 0 Å². The van der Waals surface area contributed by atoms with E-state index in [1.165, 1.54) is 24.8 Å². The Balaban J connectivity index is 2.93. The van der Waals surface area contributed by atoms with Crippen molar-refractivity contribution in [3.63, 3.8) is 0 Å². The van der Waals surface area contributed by atoms with Gasteiger partial charge in [-0.1, -0.05) is 38.0 Å². The van der Waals surface area contributed by atoms with Crippen molar-refractivity contribution in [1.82, 2.24) is 0 Å². The Hall–Kier alpha value is -0.520. The largest absolute Gasteiger partial charge is 0.0782 e. The van der Waals surface area contributed by atoms with E-state index in [0.29, 0.717) is 0 Å². The average Bonchev–Trinajstić information content (AvgIpc) is 2.03. The molecule has 0 bridgehead atoms. The third-order valence-corrected chi connectivity index (χ3v) is 2.79. The molecule has 0 aromatic rings. The number of rotatable bonds is 2. The zero-order valence-corrected chi connectivity index (χ0v) is 8.78. The van der Waals surface area contributed by atoms with Crippen molar-refractivity contribution in [2.75, 3.05) is 0 Å². The van der Waals surface area contributed by atoms with E-state index in [0.717, 1.165) is 5.92 Å². The molecular weight excluding hydrogens is 144 g/mol. The summed E-state index contributed by atoms with van der Waals surface area (Å²) in [6.07, 6.45) is 6.14. The lowest BCUT2D eigenvalue weighted by atomic mass is 9.84. The van der Waals surface area contributed by atoms with Crippen LogP contribution in [0, 0.1) is 5.92 Å². The summed E-state index contributed by atoms with van der Waals surface area (Å²) in [6, 6.07) is 0. The first-order valence-electron chi connectivity index (χ1n) is 5.08. The molecule has 0 saturated heterocycles. The molecule has 0 fully saturated rings. The third-order valence-electron chi connectivity index (χ3n) is 2.79. The molecule has 0 radical (unpaired) electrons. The Kier molecular flexibility index (Phi) is 3.13. The highest BCUT2D eigenvalue weighted by molar-refractivity contribution is 5.37. The molecule has 12 heavy (non-hydrogen) atoms. The summed E-state index contributed by atoms with van der Waals surface area (Å²) in [5.41, 5.74) is 4.83. The molecule has 0 amide bonds. The van der Waals surface area contributed by atoms with Crippen LogP contribution in [0.15, 0.2) is 22.8 Å². The van der Waals surface area contributed by atoms with Crippen molar-refractivity contribution in [2.45, 2.75) is 47.0 Å². The van der Waals surface area contributed by atoms with E-state index >= 15 is 0 Å². The van der Waals surface area contributed by atoms with Crippen molar-refractivity contribution in [3.8, 4) is 0 Å². The van der Waals surface area contributed by atoms with Crippen molar-refractivity contribution in [3.05, 3.63) is 22.8 Å². The van der Waals surface area contributed by atoms with Crippen LogP contribution in [-0.4, -0.2) is 0 Å². The summed E-state index contributed by atoms with van der Waals surface area (Å²) in [5.74, 6) is 0.759. The van der Waals surface area contributed by atoms with Gasteiger partial charge in [0.05, 0.1) is 0 Å². The zero-order chi connectivity index (χ0) is 9.14. The minimum absolute atomic E-state index is 0.759. The predicted octanol–water partition coefficient (Wildman–Crippen LogP) is 4.09. The van der Waals surface area contributed by atoms with Crippen molar-refractivity contribution in [1.29, 1.82) is 0 Å². The van der Waals surface area contributed by atoms with Gasteiger partial charge < -0.3 is 0 Å². The van der Waals surface area contributed by atoms with Crippen LogP contribution in [-0.2, 0) is 0 Å². The van der Waals surface area contributed by atoms with Gasteiger partial charge in [-0.3, -0.25) is 0 Å². The second-order valence-corrected chi connectivity index (χ2v) is 3.82. The average molecular weight is 164 g/mol. The van der Waals surface area contributed by atoms with Crippen LogP contribution >= 0.6 is 0 Å². The SMILES string of the molecule is CCC1=C(CC)C(C)=CC(C)C1. The monoisotopic (exact) mass is 164 g/mol. The van der Waals surface area contributed by atoms with Crippen LogP contribution in [0.3, 0.4) is 0 Å². The van der Waals surface area contributed by atoms with Gasteiger partial charge in [-0.15, -0.1) is 0 Å². The molecule has 0 aromatic heterocycles. The topological polar surface area (TPSA) is 0 Å². The molecule has 0 aromatic carbocycles. The van der Waals surface area contributed by atoms with Gasteiger partial charge in [-0.05, 0) is 37.7 Å². The van der Waals surface area contributed by atoms with E-state index in [1.54, 1.807) is 11.1 Å². The fourth-order valence-electron chi connectivity index (χ4n) is 2.26. The number of allylic oxidation sites excluding steroid dienone is 4. The minimum atomic E-state index is 0.759. The molecule has 68 valence electrons. The van der Waals surface area contributed by atoms with Gasteiger partial charge in [0.1, 0.15) is 0 Å². The molecule has 1 unspecified atom stereocenters. The molecule has 1 rings (SSSR count). The predicted molar refractivity (Wildman–Crippen MR) is 55.1 cm³/mol. The van der Waals surface area contributed by atoms with E-state index in [4.69, 9.17) is 0 Å². The lowest BCUT2D eigenvalue weighted by molar-refractivity contribution is 0.666. The zero-order valence-electron chi connectivity index (χ0n) is 8.78. The van der Waals surface area contributed by atoms with Gasteiger partial charge in [-0.25, -0.2) is 0 Å². The molecule has 0 nitrogen and oxygen atoms in total. The van der Waals surface area contributed by atoms with Gasteiger partial charge >= 0.3 is 0 Å². The first kappa shape index (κ1) is 9.57. The van der Waals surface area contributed by atoms with Crippen molar-refractivity contribution in [2.24, 2.45) is 5.92 Å². The van der Waals surface area contributed by atoms with E-state index < -0.39 is 0 Å². The summed E-state index contributed by atoms with van der Waals surface area (Å²) in [4.78, 5) is 0. The maximum absolute atomic E-state index is 2.41. The van der Waals surface area contributed by atoms with Crippen LogP contribution in [0.1, 0.15) is 47.0 Å². The highest BCUT2D eigenvalue weighted by Gasteiger charge is 2.14. The molecule has 1 aliphatic carbocycles. The lowest BCUT2D eigenvalue weighted by Crippen LogP contribution is -2.05. The Morgan fingerprint density at radius 3 is 2.50 bits per heavy atom. The van der Waals surface area contributed by atoms with Crippen molar-refractivity contribution < 1.29 is 0 Å². The highest BCUT2D eigenvalue weighted by atomic mass is 14.2. The van der Waals surface area contributed by atoms with Gasteiger partial charge in [0.25, 0.3) is 0 Å². The summed E-state index contributed by atoms with van der Waals surface area (Å²) in [6.45, 7) is 9.10. The fraction of sp³-hybridized carbons (Fsp3) is 0.667. The Bertz CT molecular complexity index is 218. The second-order valence-electron chi connectivity index (χ2n) is 3.82. The first-order valence-corrected chi connectivity index (χ1v) is 5.08. The third kappa shape index (κ3) is 1.80. The summed E-state index contributed by atoms with van der Waals surface area (Å²) in [5, 5.41) is 0. The van der Waals surface area contributed by atoms with Crippen LogP contribution in [0.4, 0.5) is 0 Å².